The molecule has 0 atom stereocenters. The van der Waals surface area contributed by atoms with Crippen molar-refractivity contribution >= 4 is 21.6 Å². The molecule has 1 rings (SSSR count). The minimum atomic E-state index is -4.96. The third kappa shape index (κ3) is 2.44. The summed E-state index contributed by atoms with van der Waals surface area (Å²) in [5, 5.41) is 10.2. The second kappa shape index (κ2) is 3.76. The molecule has 0 heterocycles. The topological polar surface area (TPSA) is 43.1 Å². The molecule has 82 valence electrons. The zero-order valence-corrected chi connectivity index (χ0v) is 8.39. The summed E-state index contributed by atoms with van der Waals surface area (Å²) in [7, 11) is 0. The highest BCUT2D eigenvalue weighted by Gasteiger charge is 2.37. The van der Waals surface area contributed by atoms with Gasteiger partial charge in [-0.15, -0.1) is 0 Å². The van der Waals surface area contributed by atoms with Gasteiger partial charge in [0.05, 0.1) is 10.5 Å². The maximum Gasteiger partial charge on any atom is 0.419 e. The van der Waals surface area contributed by atoms with E-state index in [4.69, 9.17) is 0 Å². The van der Waals surface area contributed by atoms with E-state index in [9.17, 15) is 27.7 Å². The Morgan fingerprint density at radius 1 is 1.33 bits per heavy atom. The minimum Gasteiger partial charge on any atom is -0.258 e. The predicted octanol–water partition coefficient (Wildman–Crippen LogP) is 3.52. The molecule has 0 aliphatic heterocycles. The maximum atomic E-state index is 13.0. The minimum absolute atomic E-state index is 0.206. The first-order chi connectivity index (χ1) is 6.73. The number of alkyl halides is 3. The lowest BCUT2D eigenvalue weighted by atomic mass is 10.2. The molecule has 0 saturated carbocycles. The van der Waals surface area contributed by atoms with Crippen molar-refractivity contribution in [2.75, 3.05) is 0 Å². The maximum absolute atomic E-state index is 13.0. The first kappa shape index (κ1) is 11.9. The Kier molecular flexibility index (Phi) is 2.98. The molecule has 3 nitrogen and oxygen atoms in total. The number of benzene rings is 1. The number of nitro groups is 1. The number of rotatable bonds is 1. The average molecular weight is 288 g/mol. The molecule has 1 aromatic carbocycles. The van der Waals surface area contributed by atoms with Gasteiger partial charge >= 0.3 is 11.9 Å². The van der Waals surface area contributed by atoms with Gasteiger partial charge in [-0.3, -0.25) is 10.1 Å². The van der Waals surface area contributed by atoms with Crippen molar-refractivity contribution in [3.8, 4) is 0 Å². The van der Waals surface area contributed by atoms with E-state index in [1.807, 2.05) is 0 Å². The molecule has 0 aliphatic carbocycles. The van der Waals surface area contributed by atoms with Crippen molar-refractivity contribution in [3.63, 3.8) is 0 Å². The molecule has 0 aliphatic rings. The third-order valence-electron chi connectivity index (χ3n) is 1.52. The Labute approximate surface area is 89.0 Å². The zero-order valence-electron chi connectivity index (χ0n) is 6.81. The quantitative estimate of drug-likeness (QED) is 0.451. The first-order valence-corrected chi connectivity index (χ1v) is 4.23. The van der Waals surface area contributed by atoms with E-state index in [1.165, 1.54) is 0 Å². The van der Waals surface area contributed by atoms with E-state index < -0.39 is 28.2 Å². The Bertz CT molecular complexity index is 418. The molecule has 0 unspecified atom stereocenters. The molecule has 0 amide bonds. The van der Waals surface area contributed by atoms with Crippen LogP contribution in [0.1, 0.15) is 5.56 Å². The molecule has 0 spiro atoms. The first-order valence-electron chi connectivity index (χ1n) is 3.44. The van der Waals surface area contributed by atoms with Crippen LogP contribution in [0, 0.1) is 15.9 Å². The van der Waals surface area contributed by atoms with Gasteiger partial charge in [0.2, 0.25) is 5.82 Å². The Hall–Kier alpha value is -1.18. The van der Waals surface area contributed by atoms with Gasteiger partial charge in [-0.2, -0.15) is 17.6 Å². The summed E-state index contributed by atoms with van der Waals surface area (Å²) in [5.74, 6) is -1.88. The van der Waals surface area contributed by atoms with Gasteiger partial charge < -0.3 is 0 Å². The lowest BCUT2D eigenvalue weighted by Crippen LogP contribution is -2.10. The molecule has 15 heavy (non-hydrogen) atoms. The Morgan fingerprint density at radius 3 is 2.27 bits per heavy atom. The fourth-order valence-electron chi connectivity index (χ4n) is 0.914. The largest absolute Gasteiger partial charge is 0.419 e. The van der Waals surface area contributed by atoms with E-state index in [2.05, 4.69) is 15.9 Å². The van der Waals surface area contributed by atoms with Crippen LogP contribution in [-0.4, -0.2) is 4.92 Å². The average Bonchev–Trinajstić information content (AvgIpc) is 2.06. The van der Waals surface area contributed by atoms with E-state index in [1.54, 1.807) is 0 Å². The van der Waals surface area contributed by atoms with Gasteiger partial charge in [-0.25, -0.2) is 0 Å². The normalized spacial score (nSPS) is 11.5. The highest BCUT2D eigenvalue weighted by molar-refractivity contribution is 9.10. The van der Waals surface area contributed by atoms with Gasteiger partial charge in [0, 0.05) is 10.5 Å². The molecule has 0 radical (unpaired) electrons. The van der Waals surface area contributed by atoms with E-state index >= 15 is 0 Å². The fraction of sp³-hybridized carbons (Fsp3) is 0.143. The van der Waals surface area contributed by atoms with Crippen molar-refractivity contribution in [3.05, 3.63) is 38.1 Å². The van der Waals surface area contributed by atoms with Crippen molar-refractivity contribution in [1.82, 2.24) is 0 Å². The van der Waals surface area contributed by atoms with Gasteiger partial charge in [0.15, 0.2) is 0 Å². The van der Waals surface area contributed by atoms with E-state index in [0.29, 0.717) is 12.1 Å². The number of nitrogens with zero attached hydrogens (tertiary/aromatic N) is 1. The van der Waals surface area contributed by atoms with Crippen LogP contribution in [0.4, 0.5) is 23.2 Å². The van der Waals surface area contributed by atoms with Crippen LogP contribution in [0.5, 0.6) is 0 Å². The molecule has 8 heteroatoms. The number of nitro benzene ring substituents is 1. The second-order valence-electron chi connectivity index (χ2n) is 2.54. The zero-order chi connectivity index (χ0) is 11.8. The lowest BCUT2D eigenvalue weighted by Gasteiger charge is -2.08. The predicted molar refractivity (Wildman–Crippen MR) is 45.8 cm³/mol. The Morgan fingerprint density at radius 2 is 1.87 bits per heavy atom. The molecule has 0 bridgehead atoms. The third-order valence-corrected chi connectivity index (χ3v) is 1.98. The van der Waals surface area contributed by atoms with Crippen molar-refractivity contribution in [2.45, 2.75) is 6.18 Å². The van der Waals surface area contributed by atoms with Gasteiger partial charge in [0.1, 0.15) is 0 Å². The fourth-order valence-corrected chi connectivity index (χ4v) is 1.36. The molecular formula is C7H2BrF4NO2. The van der Waals surface area contributed by atoms with E-state index in [-0.39, 0.29) is 4.47 Å². The van der Waals surface area contributed by atoms with E-state index in [0.717, 1.165) is 0 Å². The summed E-state index contributed by atoms with van der Waals surface area (Å²) in [6.07, 6.45) is -4.96. The van der Waals surface area contributed by atoms with Crippen LogP contribution < -0.4 is 0 Å². The number of hydrogen-bond donors (Lipinski definition) is 0. The number of halogens is 5. The molecule has 0 aromatic heterocycles. The highest BCUT2D eigenvalue weighted by atomic mass is 79.9. The molecule has 0 saturated heterocycles. The second-order valence-corrected chi connectivity index (χ2v) is 3.46. The van der Waals surface area contributed by atoms with Crippen LogP contribution in [-0.2, 0) is 6.18 Å². The molecule has 0 N–H and O–H groups in total. The Balaban J connectivity index is 3.49. The lowest BCUT2D eigenvalue weighted by molar-refractivity contribution is -0.388. The van der Waals surface area contributed by atoms with Crippen LogP contribution in [0.2, 0.25) is 0 Å². The van der Waals surface area contributed by atoms with Gasteiger partial charge in [-0.1, -0.05) is 15.9 Å². The molecule has 1 aromatic rings. The van der Waals surface area contributed by atoms with Crippen molar-refractivity contribution in [2.24, 2.45) is 0 Å². The summed E-state index contributed by atoms with van der Waals surface area (Å²) in [6, 6.07) is 1.12. The highest BCUT2D eigenvalue weighted by Crippen LogP contribution is 2.36. The summed E-state index contributed by atoms with van der Waals surface area (Å²) in [4.78, 5) is 9.02. The van der Waals surface area contributed by atoms with Crippen molar-refractivity contribution in [1.29, 1.82) is 0 Å². The number of hydrogen-bond acceptors (Lipinski definition) is 2. The monoisotopic (exact) mass is 287 g/mol. The summed E-state index contributed by atoms with van der Waals surface area (Å²) < 4.78 is 49.4. The van der Waals surface area contributed by atoms with Crippen LogP contribution in [0.15, 0.2) is 16.6 Å². The molecular weight excluding hydrogens is 286 g/mol. The molecule has 0 fully saturated rings. The summed E-state index contributed by atoms with van der Waals surface area (Å²) in [6.45, 7) is 0. The smallest absolute Gasteiger partial charge is 0.258 e. The SMILES string of the molecule is O=[N+]([O-])c1cc(Br)cc(C(F)(F)F)c1F. The standard InChI is InChI=1S/C7H2BrF4NO2/c8-3-1-4(7(10,11)12)6(9)5(2-3)13(14)15/h1-2H. The van der Waals surface area contributed by atoms with Crippen LogP contribution in [0.25, 0.3) is 0 Å². The van der Waals surface area contributed by atoms with Crippen LogP contribution in [0.3, 0.4) is 0 Å². The van der Waals surface area contributed by atoms with Crippen molar-refractivity contribution < 1.29 is 22.5 Å². The van der Waals surface area contributed by atoms with Gasteiger partial charge in [-0.05, 0) is 6.07 Å². The van der Waals surface area contributed by atoms with Crippen LogP contribution >= 0.6 is 15.9 Å². The summed E-state index contributed by atoms with van der Waals surface area (Å²) in [5.41, 5.74) is -2.87. The van der Waals surface area contributed by atoms with Gasteiger partial charge in [0.25, 0.3) is 0 Å². The summed E-state index contributed by atoms with van der Waals surface area (Å²) >= 11 is 2.64.